The Kier molecular flexibility index (Phi) is 7.40. The van der Waals surface area contributed by atoms with Crippen molar-refractivity contribution in [3.05, 3.63) is 96.7 Å². The zero-order chi connectivity index (χ0) is 26.3. The van der Waals surface area contributed by atoms with Gasteiger partial charge in [-0.1, -0.05) is 45.2 Å². The van der Waals surface area contributed by atoms with E-state index >= 15 is 0 Å². The van der Waals surface area contributed by atoms with Gasteiger partial charge in [0.1, 0.15) is 18.0 Å². The van der Waals surface area contributed by atoms with Gasteiger partial charge in [-0.3, -0.25) is 4.79 Å². The van der Waals surface area contributed by atoms with Crippen LogP contribution in [0.1, 0.15) is 18.1 Å². The fourth-order valence-corrected chi connectivity index (χ4v) is 4.02. The van der Waals surface area contributed by atoms with Crippen LogP contribution in [0.3, 0.4) is 0 Å². The second-order valence-corrected chi connectivity index (χ2v) is 9.23. The molecule has 1 aliphatic rings. The Hall–Kier alpha value is -2.95. The molecule has 1 amide bonds. The highest BCUT2D eigenvalue weighted by molar-refractivity contribution is 9.10. The van der Waals surface area contributed by atoms with Crippen LogP contribution in [0.2, 0.25) is 10.0 Å². The molecule has 0 saturated carbocycles. The molecule has 0 saturated heterocycles. The molecule has 0 radical (unpaired) electrons. The Bertz CT molecular complexity index is 1450. The van der Waals surface area contributed by atoms with Crippen LogP contribution in [0.5, 0.6) is 5.75 Å². The highest BCUT2D eigenvalue weighted by atomic mass is 79.9. The van der Waals surface area contributed by atoms with Gasteiger partial charge in [0.2, 0.25) is 5.82 Å². The second-order valence-electron chi connectivity index (χ2n) is 7.50. The number of nitrogens with zero attached hydrogens (tertiary/aromatic N) is 2. The summed E-state index contributed by atoms with van der Waals surface area (Å²) in [6, 6.07) is 9.85. The predicted octanol–water partition coefficient (Wildman–Crippen LogP) is 7.84. The lowest BCUT2D eigenvalue weighted by molar-refractivity contribution is -0.114. The zero-order valence-corrected chi connectivity index (χ0v) is 21.1. The molecule has 0 bridgehead atoms. The molecule has 1 aliphatic heterocycles. The van der Waals surface area contributed by atoms with Crippen LogP contribution in [0, 0.1) is 29.1 Å². The lowest BCUT2D eigenvalue weighted by Crippen LogP contribution is -2.25. The molecule has 3 aromatic rings. The number of carbonyl (C=O) groups excluding carboxylic acids is 1. The second kappa shape index (κ2) is 10.2. The molecule has 0 unspecified atom stereocenters. The number of hydrogen-bond acceptors (Lipinski definition) is 3. The summed E-state index contributed by atoms with van der Waals surface area (Å²) in [6.07, 6.45) is 1.34. The SMILES string of the molecule is CC1=NN(c2c(F)c(F)c(F)c(F)c2F)C(=O)/C1=C/c1cc(Br)ccc1OCc1ccc(Cl)c(Cl)c1. The number of hydrazone groups is 1. The summed E-state index contributed by atoms with van der Waals surface area (Å²) in [5.41, 5.74) is -0.542. The minimum Gasteiger partial charge on any atom is -0.488 e. The molecule has 1 heterocycles. The third-order valence-electron chi connectivity index (χ3n) is 5.11. The monoisotopic (exact) mass is 604 g/mol. The molecule has 0 aromatic heterocycles. The number of rotatable bonds is 5. The van der Waals surface area contributed by atoms with Crippen molar-refractivity contribution < 1.29 is 31.5 Å². The predicted molar refractivity (Wildman–Crippen MR) is 130 cm³/mol. The molecular weight excluding hydrogens is 594 g/mol. The van der Waals surface area contributed by atoms with Crippen molar-refractivity contribution in [3.63, 3.8) is 0 Å². The number of benzene rings is 3. The third kappa shape index (κ3) is 4.85. The Labute approximate surface area is 219 Å². The summed E-state index contributed by atoms with van der Waals surface area (Å²) in [7, 11) is 0. The molecule has 186 valence electrons. The molecule has 0 spiro atoms. The number of halogens is 8. The van der Waals surface area contributed by atoms with Gasteiger partial charge in [-0.15, -0.1) is 0 Å². The first-order valence-corrected chi connectivity index (χ1v) is 11.5. The number of anilines is 1. The van der Waals surface area contributed by atoms with E-state index < -0.39 is 40.7 Å². The normalized spacial score (nSPS) is 14.6. The van der Waals surface area contributed by atoms with Crippen LogP contribution in [-0.4, -0.2) is 11.6 Å². The van der Waals surface area contributed by atoms with Crippen LogP contribution in [-0.2, 0) is 11.4 Å². The molecule has 4 rings (SSSR count). The third-order valence-corrected chi connectivity index (χ3v) is 6.34. The quantitative estimate of drug-likeness (QED) is 0.129. The Morgan fingerprint density at radius 3 is 2.22 bits per heavy atom. The van der Waals surface area contributed by atoms with Crippen LogP contribution in [0.4, 0.5) is 27.6 Å². The van der Waals surface area contributed by atoms with Gasteiger partial charge in [-0.2, -0.15) is 10.1 Å². The summed E-state index contributed by atoms with van der Waals surface area (Å²) >= 11 is 15.3. The Morgan fingerprint density at radius 1 is 0.944 bits per heavy atom. The first-order valence-electron chi connectivity index (χ1n) is 9.99. The van der Waals surface area contributed by atoms with E-state index in [2.05, 4.69) is 21.0 Å². The van der Waals surface area contributed by atoms with Crippen molar-refractivity contribution >= 4 is 62.5 Å². The molecule has 36 heavy (non-hydrogen) atoms. The Balaban J connectivity index is 1.69. The fourth-order valence-electron chi connectivity index (χ4n) is 3.32. The van der Waals surface area contributed by atoms with Crippen LogP contribution < -0.4 is 9.75 Å². The molecule has 0 fully saturated rings. The summed E-state index contributed by atoms with van der Waals surface area (Å²) in [6.45, 7) is 1.44. The lowest BCUT2D eigenvalue weighted by Gasteiger charge is -2.15. The standard InChI is InChI=1S/C24H12BrCl2F5N2O2/c1-10-14(24(35)34(33-10)23-21(31)19(29)18(28)20(30)22(23)32)8-12-7-13(25)3-5-17(12)36-9-11-2-4-15(26)16(27)6-11/h2-8H,9H2,1H3/b14-8+. The van der Waals surface area contributed by atoms with Gasteiger partial charge in [0.05, 0.1) is 21.3 Å². The maximum absolute atomic E-state index is 14.3. The molecule has 12 heteroatoms. The van der Waals surface area contributed by atoms with Crippen molar-refractivity contribution in [3.8, 4) is 5.75 Å². The lowest BCUT2D eigenvalue weighted by atomic mass is 10.1. The van der Waals surface area contributed by atoms with Crippen LogP contribution in [0.25, 0.3) is 6.08 Å². The largest absolute Gasteiger partial charge is 0.488 e. The van der Waals surface area contributed by atoms with Gasteiger partial charge in [0.15, 0.2) is 23.3 Å². The molecule has 0 atom stereocenters. The first-order chi connectivity index (χ1) is 17.0. The Morgan fingerprint density at radius 2 is 1.58 bits per heavy atom. The van der Waals surface area contributed by atoms with Crippen molar-refractivity contribution in [2.45, 2.75) is 13.5 Å². The highest BCUT2D eigenvalue weighted by Crippen LogP contribution is 2.35. The van der Waals surface area contributed by atoms with E-state index in [0.717, 1.165) is 0 Å². The van der Waals surface area contributed by atoms with Crippen molar-refractivity contribution in [1.29, 1.82) is 0 Å². The molecular formula is C24H12BrCl2F5N2O2. The van der Waals surface area contributed by atoms with E-state index in [9.17, 15) is 26.7 Å². The average Bonchev–Trinajstić information content (AvgIpc) is 3.11. The molecule has 0 aliphatic carbocycles. The van der Waals surface area contributed by atoms with E-state index in [4.69, 9.17) is 27.9 Å². The van der Waals surface area contributed by atoms with Gasteiger partial charge >= 0.3 is 0 Å². The van der Waals surface area contributed by atoms with E-state index in [-0.39, 0.29) is 22.9 Å². The molecule has 4 nitrogen and oxygen atoms in total. The van der Waals surface area contributed by atoms with Crippen molar-refractivity contribution in [2.75, 3.05) is 5.01 Å². The minimum atomic E-state index is -2.34. The van der Waals surface area contributed by atoms with Gasteiger partial charge in [0, 0.05) is 10.0 Å². The number of carbonyl (C=O) groups is 1. The average molecular weight is 606 g/mol. The topological polar surface area (TPSA) is 41.9 Å². The summed E-state index contributed by atoms with van der Waals surface area (Å²) in [4.78, 5) is 13.0. The van der Waals surface area contributed by atoms with Crippen LogP contribution in [0.15, 0.2) is 51.5 Å². The molecule has 3 aromatic carbocycles. The van der Waals surface area contributed by atoms with Crippen molar-refractivity contribution in [1.82, 2.24) is 0 Å². The maximum atomic E-state index is 14.3. The van der Waals surface area contributed by atoms with Gasteiger partial charge in [0.25, 0.3) is 5.91 Å². The number of ether oxygens (including phenoxy) is 1. The van der Waals surface area contributed by atoms with Gasteiger partial charge < -0.3 is 4.74 Å². The van der Waals surface area contributed by atoms with E-state index in [1.54, 1.807) is 36.4 Å². The highest BCUT2D eigenvalue weighted by Gasteiger charge is 2.37. The van der Waals surface area contributed by atoms with E-state index in [1.165, 1.54) is 13.0 Å². The maximum Gasteiger partial charge on any atom is 0.280 e. The summed E-state index contributed by atoms with van der Waals surface area (Å²) in [5.74, 6) is -11.8. The van der Waals surface area contributed by atoms with E-state index in [0.29, 0.717) is 31.4 Å². The van der Waals surface area contributed by atoms with E-state index in [1.807, 2.05) is 0 Å². The first kappa shape index (κ1) is 26.1. The number of hydrogen-bond donors (Lipinski definition) is 0. The summed E-state index contributed by atoms with van der Waals surface area (Å²) < 4.78 is 75.9. The van der Waals surface area contributed by atoms with Gasteiger partial charge in [-0.05, 0) is 48.9 Å². The molecule has 0 N–H and O–H groups in total. The fraction of sp³-hybridized carbons (Fsp3) is 0.0833. The summed E-state index contributed by atoms with van der Waals surface area (Å²) in [5, 5.41) is 4.59. The number of amides is 1. The smallest absolute Gasteiger partial charge is 0.280 e. The zero-order valence-electron chi connectivity index (χ0n) is 18.0. The minimum absolute atomic E-state index is 0.0145. The van der Waals surface area contributed by atoms with Crippen LogP contribution >= 0.6 is 39.1 Å². The van der Waals surface area contributed by atoms with Gasteiger partial charge in [-0.25, -0.2) is 22.0 Å². The van der Waals surface area contributed by atoms with Crippen molar-refractivity contribution in [2.24, 2.45) is 5.10 Å².